The fraction of sp³-hybridized carbons (Fsp3) is 0.786. The van der Waals surface area contributed by atoms with Crippen LogP contribution in [0.15, 0.2) is 12.5 Å². The molecule has 1 aromatic rings. The van der Waals surface area contributed by atoms with E-state index in [4.69, 9.17) is 0 Å². The molecule has 1 fully saturated rings. The molecule has 2 unspecified atom stereocenters. The van der Waals surface area contributed by atoms with Crippen molar-refractivity contribution in [3.8, 4) is 0 Å². The van der Waals surface area contributed by atoms with Crippen molar-refractivity contribution in [3.05, 3.63) is 18.2 Å². The van der Waals surface area contributed by atoms with Gasteiger partial charge in [-0.2, -0.15) is 0 Å². The molecule has 0 aromatic carbocycles. The van der Waals surface area contributed by atoms with Crippen molar-refractivity contribution in [2.75, 3.05) is 13.6 Å². The smallest absolute Gasteiger partial charge is 0.0946 e. The van der Waals surface area contributed by atoms with E-state index in [9.17, 15) is 0 Å². The maximum Gasteiger partial charge on any atom is 0.0946 e. The standard InChI is InChI=1S/C14H25N3/c1-14(2)6-5-11(8-15-3)12(7-14)13-9-17(4)10-16-13/h9-12,15H,5-8H2,1-4H3. The Morgan fingerprint density at radius 2 is 2.29 bits per heavy atom. The average molecular weight is 235 g/mol. The summed E-state index contributed by atoms with van der Waals surface area (Å²) >= 11 is 0. The van der Waals surface area contributed by atoms with Gasteiger partial charge in [0.1, 0.15) is 0 Å². The molecule has 2 atom stereocenters. The summed E-state index contributed by atoms with van der Waals surface area (Å²) in [7, 11) is 4.10. The van der Waals surface area contributed by atoms with Crippen LogP contribution in [-0.4, -0.2) is 23.1 Å². The Morgan fingerprint density at radius 1 is 1.53 bits per heavy atom. The summed E-state index contributed by atoms with van der Waals surface area (Å²) in [5.74, 6) is 1.36. The van der Waals surface area contributed by atoms with Gasteiger partial charge in [-0.25, -0.2) is 4.98 Å². The van der Waals surface area contributed by atoms with Crippen molar-refractivity contribution < 1.29 is 0 Å². The Hall–Kier alpha value is -0.830. The molecule has 1 N–H and O–H groups in total. The number of hydrogen-bond donors (Lipinski definition) is 1. The van der Waals surface area contributed by atoms with Crippen molar-refractivity contribution in [2.24, 2.45) is 18.4 Å². The molecule has 1 aromatic heterocycles. The summed E-state index contributed by atoms with van der Waals surface area (Å²) in [6.07, 6.45) is 8.02. The van der Waals surface area contributed by atoms with Gasteiger partial charge in [0, 0.05) is 19.2 Å². The molecule has 1 heterocycles. The third-order valence-corrected chi connectivity index (χ3v) is 4.10. The van der Waals surface area contributed by atoms with Crippen LogP contribution in [-0.2, 0) is 7.05 Å². The second kappa shape index (κ2) is 4.81. The zero-order chi connectivity index (χ0) is 12.5. The monoisotopic (exact) mass is 235 g/mol. The molecule has 0 saturated heterocycles. The van der Waals surface area contributed by atoms with Crippen molar-refractivity contribution in [1.82, 2.24) is 14.9 Å². The molecule has 1 aliphatic carbocycles. The van der Waals surface area contributed by atoms with Gasteiger partial charge in [0.15, 0.2) is 0 Å². The molecule has 0 bridgehead atoms. The fourth-order valence-electron chi connectivity index (χ4n) is 3.12. The minimum absolute atomic E-state index is 0.465. The number of imidazole rings is 1. The molecular weight excluding hydrogens is 210 g/mol. The lowest BCUT2D eigenvalue weighted by atomic mass is 9.66. The summed E-state index contributed by atoms with van der Waals surface area (Å²) < 4.78 is 2.06. The number of rotatable bonds is 3. The van der Waals surface area contributed by atoms with Crippen molar-refractivity contribution >= 4 is 0 Å². The van der Waals surface area contributed by atoms with Crippen LogP contribution in [0.25, 0.3) is 0 Å². The molecule has 0 amide bonds. The summed E-state index contributed by atoms with van der Waals surface area (Å²) in [5.41, 5.74) is 1.74. The van der Waals surface area contributed by atoms with Crippen LogP contribution >= 0.6 is 0 Å². The van der Waals surface area contributed by atoms with Crippen LogP contribution < -0.4 is 5.32 Å². The highest BCUT2D eigenvalue weighted by atomic mass is 15.0. The third-order valence-electron chi connectivity index (χ3n) is 4.10. The zero-order valence-electron chi connectivity index (χ0n) is 11.5. The van der Waals surface area contributed by atoms with E-state index in [0.29, 0.717) is 11.3 Å². The lowest BCUT2D eigenvalue weighted by molar-refractivity contribution is 0.159. The van der Waals surface area contributed by atoms with Gasteiger partial charge in [-0.15, -0.1) is 0 Å². The van der Waals surface area contributed by atoms with Gasteiger partial charge in [0.2, 0.25) is 0 Å². The molecule has 0 spiro atoms. The lowest BCUT2D eigenvalue weighted by Crippen LogP contribution is -2.34. The Labute approximate surface area is 105 Å². The maximum atomic E-state index is 4.57. The number of aryl methyl sites for hydroxylation is 1. The van der Waals surface area contributed by atoms with Crippen LogP contribution in [0.5, 0.6) is 0 Å². The zero-order valence-corrected chi connectivity index (χ0v) is 11.5. The van der Waals surface area contributed by atoms with Gasteiger partial charge < -0.3 is 9.88 Å². The van der Waals surface area contributed by atoms with E-state index >= 15 is 0 Å². The van der Waals surface area contributed by atoms with E-state index in [2.05, 4.69) is 49.0 Å². The first-order valence-electron chi connectivity index (χ1n) is 6.64. The first-order valence-corrected chi connectivity index (χ1v) is 6.64. The van der Waals surface area contributed by atoms with Crippen LogP contribution in [0, 0.1) is 11.3 Å². The molecule has 0 aliphatic heterocycles. The van der Waals surface area contributed by atoms with Crippen molar-refractivity contribution in [1.29, 1.82) is 0 Å². The highest BCUT2D eigenvalue weighted by molar-refractivity contribution is 5.10. The van der Waals surface area contributed by atoms with Gasteiger partial charge in [0.25, 0.3) is 0 Å². The topological polar surface area (TPSA) is 29.9 Å². The van der Waals surface area contributed by atoms with Gasteiger partial charge in [-0.1, -0.05) is 13.8 Å². The predicted molar refractivity (Wildman–Crippen MR) is 71.0 cm³/mol. The van der Waals surface area contributed by atoms with E-state index in [0.717, 1.165) is 12.5 Å². The van der Waals surface area contributed by atoms with Crippen LogP contribution in [0.4, 0.5) is 0 Å². The molecule has 3 heteroatoms. The summed E-state index contributed by atoms with van der Waals surface area (Å²) in [6.45, 7) is 5.88. The molecule has 17 heavy (non-hydrogen) atoms. The first-order chi connectivity index (χ1) is 8.02. The Morgan fingerprint density at radius 3 is 2.88 bits per heavy atom. The van der Waals surface area contributed by atoms with Gasteiger partial charge in [-0.05, 0) is 44.2 Å². The van der Waals surface area contributed by atoms with Crippen molar-refractivity contribution in [3.63, 3.8) is 0 Å². The van der Waals surface area contributed by atoms with Gasteiger partial charge >= 0.3 is 0 Å². The normalized spacial score (nSPS) is 28.2. The molecule has 3 nitrogen and oxygen atoms in total. The van der Waals surface area contributed by atoms with Crippen LogP contribution in [0.1, 0.15) is 44.7 Å². The fourth-order valence-corrected chi connectivity index (χ4v) is 3.12. The largest absolute Gasteiger partial charge is 0.340 e. The Balaban J connectivity index is 2.18. The third kappa shape index (κ3) is 2.89. The van der Waals surface area contributed by atoms with E-state index in [1.54, 1.807) is 0 Å². The minimum atomic E-state index is 0.465. The average Bonchev–Trinajstić information content (AvgIpc) is 2.67. The first kappa shape index (κ1) is 12.6. The minimum Gasteiger partial charge on any atom is -0.340 e. The second-order valence-electron chi connectivity index (χ2n) is 6.30. The Bertz CT molecular complexity index is 367. The number of hydrogen-bond acceptors (Lipinski definition) is 2. The molecule has 2 rings (SSSR count). The van der Waals surface area contributed by atoms with Crippen LogP contribution in [0.2, 0.25) is 0 Å². The summed E-state index contributed by atoms with van der Waals surface area (Å²) in [5, 5.41) is 3.34. The number of aromatic nitrogens is 2. The Kier molecular flexibility index (Phi) is 3.57. The number of nitrogens with zero attached hydrogens (tertiary/aromatic N) is 2. The van der Waals surface area contributed by atoms with Gasteiger partial charge in [0.05, 0.1) is 12.0 Å². The van der Waals surface area contributed by atoms with E-state index in [1.165, 1.54) is 25.0 Å². The highest BCUT2D eigenvalue weighted by Gasteiger charge is 2.36. The summed E-state index contributed by atoms with van der Waals surface area (Å²) in [4.78, 5) is 4.57. The molecule has 96 valence electrons. The molecular formula is C14H25N3. The van der Waals surface area contributed by atoms with E-state index in [-0.39, 0.29) is 0 Å². The SMILES string of the molecule is CNCC1CCC(C)(C)CC1c1cn(C)cn1. The molecule has 1 aliphatic rings. The quantitative estimate of drug-likeness (QED) is 0.872. The van der Waals surface area contributed by atoms with Crippen molar-refractivity contribution in [2.45, 2.75) is 39.0 Å². The van der Waals surface area contributed by atoms with Gasteiger partial charge in [-0.3, -0.25) is 0 Å². The maximum absolute atomic E-state index is 4.57. The second-order valence-corrected chi connectivity index (χ2v) is 6.30. The highest BCUT2D eigenvalue weighted by Crippen LogP contribution is 2.45. The lowest BCUT2D eigenvalue weighted by Gasteiger charge is -2.40. The summed E-state index contributed by atoms with van der Waals surface area (Å²) in [6, 6.07) is 0. The number of nitrogens with one attached hydrogen (secondary N) is 1. The van der Waals surface area contributed by atoms with E-state index < -0.39 is 0 Å². The van der Waals surface area contributed by atoms with E-state index in [1.807, 2.05) is 6.33 Å². The predicted octanol–water partition coefficient (Wildman–Crippen LogP) is 2.55. The molecule has 1 saturated carbocycles. The molecule has 0 radical (unpaired) electrons. The van der Waals surface area contributed by atoms with Crippen LogP contribution in [0.3, 0.4) is 0 Å².